The summed E-state index contributed by atoms with van der Waals surface area (Å²) in [6, 6.07) is 6.66. The van der Waals surface area contributed by atoms with Crippen LogP contribution >= 0.6 is 23.1 Å². The normalized spacial score (nSPS) is 11.5. The lowest BCUT2D eigenvalue weighted by atomic mass is 10.2. The number of benzene rings is 1. The fourth-order valence-corrected chi connectivity index (χ4v) is 5.88. The van der Waals surface area contributed by atoms with E-state index in [1.165, 1.54) is 6.92 Å². The summed E-state index contributed by atoms with van der Waals surface area (Å²) in [6.07, 6.45) is 0. The predicted octanol–water partition coefficient (Wildman–Crippen LogP) is 3.28. The molecule has 0 aliphatic rings. The maximum Gasteiger partial charge on any atom is 0.236 e. The smallest absolute Gasteiger partial charge is 0.236 e. The average molecular weight is 494 g/mol. The van der Waals surface area contributed by atoms with E-state index in [4.69, 9.17) is 0 Å². The number of thiazole rings is 1. The molecule has 0 bridgehead atoms. The summed E-state index contributed by atoms with van der Waals surface area (Å²) in [6.45, 7) is 7.38. The largest absolute Gasteiger partial charge is 0.305 e. The standard InChI is InChI=1S/C20H23N5O4S3/c1-5-25-16(11-32(28,29)15-8-6-12(2)7-9-15)23-24-20(25)30-10-17(27)22-19-21-13(3)18(31-19)14(4)26/h6-9H,5,10-11H2,1-4H3,(H,21,22,27). The molecule has 0 aliphatic carbocycles. The van der Waals surface area contributed by atoms with E-state index in [0.717, 1.165) is 28.7 Å². The average Bonchev–Trinajstić information content (AvgIpc) is 3.28. The number of rotatable bonds is 9. The van der Waals surface area contributed by atoms with Crippen LogP contribution in [0.25, 0.3) is 0 Å². The van der Waals surface area contributed by atoms with Crippen molar-refractivity contribution in [2.45, 2.75) is 50.0 Å². The number of carbonyl (C=O) groups excluding carboxylic acids is 2. The molecule has 0 spiro atoms. The van der Waals surface area contributed by atoms with E-state index in [-0.39, 0.29) is 28.1 Å². The maximum absolute atomic E-state index is 12.8. The monoisotopic (exact) mass is 493 g/mol. The van der Waals surface area contributed by atoms with Gasteiger partial charge in [-0.05, 0) is 32.9 Å². The van der Waals surface area contributed by atoms with Crippen molar-refractivity contribution >= 4 is 49.8 Å². The van der Waals surface area contributed by atoms with Crippen LogP contribution in [-0.4, -0.2) is 45.6 Å². The number of anilines is 1. The number of nitrogens with one attached hydrogen (secondary N) is 1. The molecule has 0 saturated heterocycles. The lowest BCUT2D eigenvalue weighted by Gasteiger charge is -2.08. The van der Waals surface area contributed by atoms with Crippen LogP contribution in [0.15, 0.2) is 34.3 Å². The molecule has 0 radical (unpaired) electrons. The summed E-state index contributed by atoms with van der Waals surface area (Å²) < 4.78 is 27.2. The number of sulfone groups is 1. The molecule has 3 rings (SSSR count). The van der Waals surface area contributed by atoms with Gasteiger partial charge in [-0.1, -0.05) is 40.8 Å². The van der Waals surface area contributed by atoms with Crippen molar-refractivity contribution in [1.82, 2.24) is 19.7 Å². The van der Waals surface area contributed by atoms with Gasteiger partial charge in [-0.15, -0.1) is 10.2 Å². The third-order valence-corrected chi connectivity index (χ3v) is 8.27. The van der Waals surface area contributed by atoms with E-state index in [1.807, 2.05) is 13.8 Å². The summed E-state index contributed by atoms with van der Waals surface area (Å²) in [7, 11) is -3.58. The summed E-state index contributed by atoms with van der Waals surface area (Å²) in [4.78, 5) is 28.8. The van der Waals surface area contributed by atoms with Crippen LogP contribution in [0.4, 0.5) is 5.13 Å². The summed E-state index contributed by atoms with van der Waals surface area (Å²) in [5.74, 6) is -0.331. The molecule has 0 atom stereocenters. The van der Waals surface area contributed by atoms with Crippen LogP contribution in [-0.2, 0) is 26.9 Å². The van der Waals surface area contributed by atoms with Gasteiger partial charge < -0.3 is 9.88 Å². The van der Waals surface area contributed by atoms with E-state index >= 15 is 0 Å². The molecule has 170 valence electrons. The highest BCUT2D eigenvalue weighted by molar-refractivity contribution is 7.99. The Morgan fingerprint density at radius 3 is 2.44 bits per heavy atom. The number of Topliss-reactive ketones (excluding diaryl/α,β-unsaturated/α-hetero) is 1. The van der Waals surface area contributed by atoms with Gasteiger partial charge in [0.15, 0.2) is 25.9 Å². The zero-order valence-electron chi connectivity index (χ0n) is 18.1. The molecule has 9 nitrogen and oxygen atoms in total. The third kappa shape index (κ3) is 5.61. The SMILES string of the molecule is CCn1c(CS(=O)(=O)c2ccc(C)cc2)nnc1SCC(=O)Nc1nc(C)c(C(C)=O)s1. The molecule has 0 unspecified atom stereocenters. The minimum absolute atomic E-state index is 0.0386. The van der Waals surface area contributed by atoms with Gasteiger partial charge in [0, 0.05) is 13.5 Å². The fraction of sp³-hybridized carbons (Fsp3) is 0.350. The van der Waals surface area contributed by atoms with Crippen LogP contribution in [0.3, 0.4) is 0 Å². The Morgan fingerprint density at radius 2 is 1.84 bits per heavy atom. The molecule has 3 aromatic rings. The van der Waals surface area contributed by atoms with Crippen molar-refractivity contribution < 1.29 is 18.0 Å². The van der Waals surface area contributed by atoms with Gasteiger partial charge in [0.05, 0.1) is 21.2 Å². The number of aromatic nitrogens is 4. The second kappa shape index (κ2) is 9.92. The Balaban J connectivity index is 1.67. The molecule has 1 aromatic carbocycles. The highest BCUT2D eigenvalue weighted by Crippen LogP contribution is 2.24. The number of carbonyl (C=O) groups is 2. The molecule has 0 saturated carbocycles. The number of aryl methyl sites for hydroxylation is 2. The topological polar surface area (TPSA) is 124 Å². The lowest BCUT2D eigenvalue weighted by Crippen LogP contribution is -2.15. The van der Waals surface area contributed by atoms with Crippen LogP contribution in [0.2, 0.25) is 0 Å². The predicted molar refractivity (Wildman–Crippen MR) is 124 cm³/mol. The van der Waals surface area contributed by atoms with Crippen LogP contribution in [0.1, 0.15) is 40.6 Å². The van der Waals surface area contributed by atoms with E-state index in [0.29, 0.717) is 33.2 Å². The molecule has 12 heteroatoms. The molecular weight excluding hydrogens is 470 g/mol. The van der Waals surface area contributed by atoms with Crippen molar-refractivity contribution in [2.24, 2.45) is 0 Å². The van der Waals surface area contributed by atoms with Crippen molar-refractivity contribution in [1.29, 1.82) is 0 Å². The molecule has 2 heterocycles. The Labute approximate surface area is 194 Å². The maximum atomic E-state index is 12.8. The molecule has 32 heavy (non-hydrogen) atoms. The fourth-order valence-electron chi connectivity index (χ4n) is 2.91. The Hall–Kier alpha value is -2.57. The molecule has 0 aliphatic heterocycles. The number of ketones is 1. The first-order valence-corrected chi connectivity index (χ1v) is 13.2. The second-order valence-electron chi connectivity index (χ2n) is 7.04. The summed E-state index contributed by atoms with van der Waals surface area (Å²) in [5.41, 5.74) is 1.55. The van der Waals surface area contributed by atoms with Crippen molar-refractivity contribution in [3.63, 3.8) is 0 Å². The highest BCUT2D eigenvalue weighted by atomic mass is 32.2. The van der Waals surface area contributed by atoms with Gasteiger partial charge in [0.25, 0.3) is 0 Å². The van der Waals surface area contributed by atoms with Crippen LogP contribution < -0.4 is 5.32 Å². The van der Waals surface area contributed by atoms with E-state index in [1.54, 1.807) is 35.8 Å². The Bertz CT molecular complexity index is 1250. The zero-order chi connectivity index (χ0) is 23.5. The number of thioether (sulfide) groups is 1. The van der Waals surface area contributed by atoms with Crippen LogP contribution in [0, 0.1) is 13.8 Å². The lowest BCUT2D eigenvalue weighted by molar-refractivity contribution is -0.113. The number of hydrogen-bond donors (Lipinski definition) is 1. The number of amides is 1. The van der Waals surface area contributed by atoms with Crippen molar-refractivity contribution in [2.75, 3.05) is 11.1 Å². The first-order chi connectivity index (χ1) is 15.1. The molecular formula is C20H23N5O4S3. The molecule has 0 fully saturated rings. The third-order valence-electron chi connectivity index (χ3n) is 4.50. The van der Waals surface area contributed by atoms with Gasteiger partial charge in [-0.25, -0.2) is 13.4 Å². The minimum Gasteiger partial charge on any atom is -0.305 e. The van der Waals surface area contributed by atoms with Crippen LogP contribution in [0.5, 0.6) is 0 Å². The van der Waals surface area contributed by atoms with E-state index < -0.39 is 9.84 Å². The Kier molecular flexibility index (Phi) is 7.47. The quantitative estimate of drug-likeness (QED) is 0.356. The Morgan fingerprint density at radius 1 is 1.16 bits per heavy atom. The zero-order valence-corrected chi connectivity index (χ0v) is 20.5. The van der Waals surface area contributed by atoms with E-state index in [9.17, 15) is 18.0 Å². The van der Waals surface area contributed by atoms with Crippen molar-refractivity contribution in [3.8, 4) is 0 Å². The van der Waals surface area contributed by atoms with Gasteiger partial charge in [-0.3, -0.25) is 9.59 Å². The minimum atomic E-state index is -3.58. The number of hydrogen-bond acceptors (Lipinski definition) is 9. The highest BCUT2D eigenvalue weighted by Gasteiger charge is 2.22. The second-order valence-corrected chi connectivity index (χ2v) is 11.0. The molecule has 1 N–H and O–H groups in total. The summed E-state index contributed by atoms with van der Waals surface area (Å²) in [5, 5.41) is 11.6. The molecule has 1 amide bonds. The number of nitrogens with zero attached hydrogens (tertiary/aromatic N) is 4. The summed E-state index contributed by atoms with van der Waals surface area (Å²) >= 11 is 2.29. The van der Waals surface area contributed by atoms with Gasteiger partial charge in [0.2, 0.25) is 5.91 Å². The first kappa shape index (κ1) is 24.1. The molecule has 2 aromatic heterocycles. The first-order valence-electron chi connectivity index (χ1n) is 9.73. The van der Waals surface area contributed by atoms with Gasteiger partial charge in [0.1, 0.15) is 11.6 Å². The van der Waals surface area contributed by atoms with Crippen molar-refractivity contribution in [3.05, 3.63) is 46.2 Å². The van der Waals surface area contributed by atoms with E-state index in [2.05, 4.69) is 20.5 Å². The van der Waals surface area contributed by atoms with Gasteiger partial charge in [-0.2, -0.15) is 0 Å². The van der Waals surface area contributed by atoms with Gasteiger partial charge >= 0.3 is 0 Å².